The van der Waals surface area contributed by atoms with Crippen molar-refractivity contribution < 1.29 is 4.42 Å². The third kappa shape index (κ3) is 5.79. The van der Waals surface area contributed by atoms with Gasteiger partial charge in [0.15, 0.2) is 5.82 Å². The molecule has 0 aliphatic heterocycles. The Kier molecular flexibility index (Phi) is 7.80. The normalized spacial score (nSPS) is 14.2. The lowest BCUT2D eigenvalue weighted by Crippen LogP contribution is -1.97. The average molecular weight is 694 g/mol. The molecule has 10 rings (SSSR count). The van der Waals surface area contributed by atoms with E-state index < -0.39 is 0 Å². The number of hydrogen-bond donors (Lipinski definition) is 0. The highest BCUT2D eigenvalue weighted by Crippen LogP contribution is 2.41. The van der Waals surface area contributed by atoms with E-state index in [1.165, 1.54) is 11.1 Å². The van der Waals surface area contributed by atoms with Crippen LogP contribution in [0.2, 0.25) is 0 Å². The van der Waals surface area contributed by atoms with Crippen molar-refractivity contribution in [2.24, 2.45) is 5.92 Å². The van der Waals surface area contributed by atoms with Gasteiger partial charge >= 0.3 is 0 Å². The number of fused-ring (bicyclic) bond motifs is 5. The molecule has 0 N–H and O–H groups in total. The highest BCUT2D eigenvalue weighted by Gasteiger charge is 2.19. The van der Waals surface area contributed by atoms with E-state index in [0.29, 0.717) is 11.7 Å². The van der Waals surface area contributed by atoms with Crippen molar-refractivity contribution in [2.45, 2.75) is 13.3 Å². The minimum absolute atomic E-state index is 0.585. The third-order valence-corrected chi connectivity index (χ3v) is 10.5. The summed E-state index contributed by atoms with van der Waals surface area (Å²) in [6.07, 6.45) is 7.92. The van der Waals surface area contributed by atoms with Gasteiger partial charge < -0.3 is 4.42 Å². The highest BCUT2D eigenvalue weighted by atomic mass is 16.3. The van der Waals surface area contributed by atoms with Crippen LogP contribution in [-0.4, -0.2) is 15.0 Å². The van der Waals surface area contributed by atoms with Crippen LogP contribution in [0.1, 0.15) is 18.9 Å². The van der Waals surface area contributed by atoms with Crippen LogP contribution >= 0.6 is 0 Å². The quantitative estimate of drug-likeness (QED) is 0.174. The van der Waals surface area contributed by atoms with Gasteiger partial charge in [0, 0.05) is 33.0 Å². The van der Waals surface area contributed by atoms with E-state index in [9.17, 15) is 0 Å². The maximum atomic E-state index is 6.56. The molecule has 3 aromatic heterocycles. The molecule has 256 valence electrons. The molecular formula is C50H35N3O. The van der Waals surface area contributed by atoms with Gasteiger partial charge in [0.05, 0.1) is 28.0 Å². The smallest absolute Gasteiger partial charge is 0.160 e. The van der Waals surface area contributed by atoms with E-state index >= 15 is 0 Å². The molecule has 4 heteroatoms. The Balaban J connectivity index is 1.08. The molecule has 1 aliphatic carbocycles. The molecule has 0 amide bonds. The van der Waals surface area contributed by atoms with Gasteiger partial charge in [0.1, 0.15) is 11.2 Å². The lowest BCUT2D eigenvalue weighted by molar-refractivity contribution is 0.672. The predicted molar refractivity (Wildman–Crippen MR) is 223 cm³/mol. The van der Waals surface area contributed by atoms with Gasteiger partial charge in [-0.25, -0.2) is 15.0 Å². The Hall–Kier alpha value is -6.91. The number of nitrogens with zero attached hydrogens (tertiary/aromatic N) is 3. The van der Waals surface area contributed by atoms with Crippen LogP contribution in [0.15, 0.2) is 180 Å². The number of para-hydroxylation sites is 1. The monoisotopic (exact) mass is 693 g/mol. The molecule has 0 radical (unpaired) electrons. The fourth-order valence-corrected chi connectivity index (χ4v) is 7.51. The summed E-state index contributed by atoms with van der Waals surface area (Å²) in [4.78, 5) is 15.5. The Morgan fingerprint density at radius 1 is 0.519 bits per heavy atom. The Bertz CT molecular complexity index is 2890. The van der Waals surface area contributed by atoms with E-state index in [1.54, 1.807) is 0 Å². The Morgan fingerprint density at radius 2 is 1.13 bits per heavy atom. The van der Waals surface area contributed by atoms with Crippen LogP contribution < -0.4 is 0 Å². The fourth-order valence-electron chi connectivity index (χ4n) is 7.51. The largest absolute Gasteiger partial charge is 0.455 e. The average Bonchev–Trinajstić information content (AvgIpc) is 3.64. The number of furan rings is 1. The van der Waals surface area contributed by atoms with E-state index in [0.717, 1.165) is 89.7 Å². The number of hydrogen-bond acceptors (Lipinski definition) is 4. The number of benzene rings is 6. The zero-order chi connectivity index (χ0) is 36.0. The molecule has 54 heavy (non-hydrogen) atoms. The van der Waals surface area contributed by atoms with Gasteiger partial charge in [-0.05, 0) is 58.9 Å². The van der Waals surface area contributed by atoms with Crippen LogP contribution in [0.5, 0.6) is 0 Å². The molecule has 0 saturated carbocycles. The molecule has 9 aromatic rings. The summed E-state index contributed by atoms with van der Waals surface area (Å²) in [7, 11) is 0. The summed E-state index contributed by atoms with van der Waals surface area (Å²) in [5.41, 5.74) is 14.0. The number of aromatic nitrogens is 3. The predicted octanol–water partition coefficient (Wildman–Crippen LogP) is 13.2. The standard InChI is InChI=1S/C50H35N3O/c1-32-16-18-34(19-17-32)35-20-22-36(23-21-35)43-31-44(53-50(52-43)39-12-6-3-7-13-39)37-24-26-38(27-25-37)48-47-42-14-8-9-15-46(42)54-49(47)41-29-28-40(30-45(41)51-48)33-10-4-2-5-11-33/h2-16,18-32H,17H2,1H3. The summed E-state index contributed by atoms with van der Waals surface area (Å²) in [6.45, 7) is 2.25. The lowest BCUT2D eigenvalue weighted by Gasteiger charge is -2.13. The first-order valence-corrected chi connectivity index (χ1v) is 18.5. The molecule has 3 heterocycles. The molecule has 1 atom stereocenters. The number of allylic oxidation sites excluding steroid dienone is 4. The van der Waals surface area contributed by atoms with Gasteiger partial charge in [0.25, 0.3) is 0 Å². The minimum Gasteiger partial charge on any atom is -0.455 e. The van der Waals surface area contributed by atoms with Gasteiger partial charge in [0.2, 0.25) is 0 Å². The van der Waals surface area contributed by atoms with Crippen LogP contribution in [0, 0.1) is 5.92 Å². The van der Waals surface area contributed by atoms with Crippen molar-refractivity contribution in [3.63, 3.8) is 0 Å². The second kappa shape index (κ2) is 13.3. The van der Waals surface area contributed by atoms with E-state index in [1.807, 2.05) is 36.4 Å². The first-order valence-electron chi connectivity index (χ1n) is 18.5. The number of pyridine rings is 1. The van der Waals surface area contributed by atoms with Crippen LogP contribution in [0.4, 0.5) is 0 Å². The third-order valence-electron chi connectivity index (χ3n) is 10.5. The molecule has 1 aliphatic rings. The Morgan fingerprint density at radius 3 is 1.81 bits per heavy atom. The molecular weight excluding hydrogens is 659 g/mol. The van der Waals surface area contributed by atoms with Crippen molar-refractivity contribution in [3.05, 3.63) is 182 Å². The summed E-state index contributed by atoms with van der Waals surface area (Å²) >= 11 is 0. The van der Waals surface area contributed by atoms with Crippen molar-refractivity contribution >= 4 is 38.4 Å². The van der Waals surface area contributed by atoms with Gasteiger partial charge in [-0.1, -0.05) is 159 Å². The van der Waals surface area contributed by atoms with Gasteiger partial charge in [-0.3, -0.25) is 0 Å². The molecule has 4 nitrogen and oxygen atoms in total. The van der Waals surface area contributed by atoms with Crippen LogP contribution in [0.25, 0.3) is 94.7 Å². The summed E-state index contributed by atoms with van der Waals surface area (Å²) in [5.74, 6) is 1.28. The highest BCUT2D eigenvalue weighted by molar-refractivity contribution is 6.19. The molecule has 0 spiro atoms. The van der Waals surface area contributed by atoms with Gasteiger partial charge in [-0.15, -0.1) is 0 Å². The van der Waals surface area contributed by atoms with E-state index in [4.69, 9.17) is 19.4 Å². The first-order chi connectivity index (χ1) is 26.6. The van der Waals surface area contributed by atoms with Crippen LogP contribution in [0.3, 0.4) is 0 Å². The van der Waals surface area contributed by atoms with Crippen molar-refractivity contribution in [1.29, 1.82) is 0 Å². The molecule has 0 bridgehead atoms. The molecule has 1 unspecified atom stereocenters. The second-order valence-electron chi connectivity index (χ2n) is 14.1. The fraction of sp³-hybridized carbons (Fsp3) is 0.0600. The molecule has 0 fully saturated rings. The summed E-state index contributed by atoms with van der Waals surface area (Å²) in [5, 5.41) is 3.07. The van der Waals surface area contributed by atoms with E-state index in [2.05, 4.69) is 146 Å². The van der Waals surface area contributed by atoms with E-state index in [-0.39, 0.29) is 0 Å². The number of rotatable bonds is 6. The maximum absolute atomic E-state index is 6.56. The molecule has 0 saturated heterocycles. The molecule has 6 aromatic carbocycles. The van der Waals surface area contributed by atoms with Crippen molar-refractivity contribution in [2.75, 3.05) is 0 Å². The zero-order valence-electron chi connectivity index (χ0n) is 29.8. The lowest BCUT2D eigenvalue weighted by atomic mass is 9.93. The zero-order valence-corrected chi connectivity index (χ0v) is 29.8. The first kappa shape index (κ1) is 31.8. The summed E-state index contributed by atoms with van der Waals surface area (Å²) < 4.78 is 6.56. The SMILES string of the molecule is CC1C=CC(c2ccc(-c3cc(-c4ccc(-c5nc6cc(-c7ccccc7)ccc6c6oc7ccccc7c56)cc4)nc(-c4ccccc4)n3)cc2)=CC1. The van der Waals surface area contributed by atoms with Crippen molar-refractivity contribution in [3.8, 4) is 56.3 Å². The Labute approximate surface area is 313 Å². The minimum atomic E-state index is 0.585. The summed E-state index contributed by atoms with van der Waals surface area (Å²) in [6, 6.07) is 54.7. The second-order valence-corrected chi connectivity index (χ2v) is 14.1. The van der Waals surface area contributed by atoms with Crippen LogP contribution in [-0.2, 0) is 0 Å². The van der Waals surface area contributed by atoms with Crippen molar-refractivity contribution in [1.82, 2.24) is 15.0 Å². The maximum Gasteiger partial charge on any atom is 0.160 e. The van der Waals surface area contributed by atoms with Gasteiger partial charge in [-0.2, -0.15) is 0 Å². The topological polar surface area (TPSA) is 51.8 Å².